The van der Waals surface area contributed by atoms with Crippen LogP contribution < -0.4 is 0 Å². The molecule has 0 aromatic carbocycles. The Morgan fingerprint density at radius 1 is 1.42 bits per heavy atom. The van der Waals surface area contributed by atoms with Crippen LogP contribution in [-0.2, 0) is 0 Å². The molecule has 0 atom stereocenters. The van der Waals surface area contributed by atoms with E-state index in [0.29, 0.717) is 0 Å². The molecule has 68 valence electrons. The van der Waals surface area contributed by atoms with E-state index in [4.69, 9.17) is 17.0 Å². The quantitative estimate of drug-likeness (QED) is 0.386. The van der Waals surface area contributed by atoms with Crippen LogP contribution in [0.3, 0.4) is 0 Å². The monoisotopic (exact) mass is 203 g/mol. The molecule has 3 heteroatoms. The van der Waals surface area contributed by atoms with Crippen LogP contribution in [0.5, 0.6) is 0 Å². The van der Waals surface area contributed by atoms with Gasteiger partial charge in [0.05, 0.1) is 0 Å². The predicted molar refractivity (Wildman–Crippen MR) is 59.3 cm³/mol. The molecule has 0 aliphatic heterocycles. The van der Waals surface area contributed by atoms with Gasteiger partial charge in [0.1, 0.15) is 0 Å². The molecular weight excluding hydrogens is 190 g/mol. The normalized spacial score (nSPS) is 13.2. The first-order valence-corrected chi connectivity index (χ1v) is 4.71. The Morgan fingerprint density at radius 3 is 2.50 bits per heavy atom. The molecule has 0 heterocycles. The fourth-order valence-electron chi connectivity index (χ4n) is 0.728. The van der Waals surface area contributed by atoms with Crippen molar-refractivity contribution < 1.29 is 0 Å². The van der Waals surface area contributed by atoms with Gasteiger partial charge in [-0.3, -0.25) is 0 Å². The van der Waals surface area contributed by atoms with Crippen molar-refractivity contribution in [3.05, 3.63) is 22.1 Å². The standard InChI is InChI=1S/C9H14ClNS/c1-8(10)5-3-2-4-6-9(12)7-11/h5-7,11-12H,2-4H2,1H3/b8-5-,9-6+,11-7?. The maximum Gasteiger partial charge on any atom is 0.0308 e. The van der Waals surface area contributed by atoms with Gasteiger partial charge in [0.2, 0.25) is 0 Å². The van der Waals surface area contributed by atoms with Crippen molar-refractivity contribution in [3.63, 3.8) is 0 Å². The van der Waals surface area contributed by atoms with Crippen LogP contribution in [0.4, 0.5) is 0 Å². The molecular formula is C9H14ClNS. The fraction of sp³-hybridized carbons (Fsp3) is 0.444. The molecule has 0 fully saturated rings. The minimum absolute atomic E-state index is 0.724. The highest BCUT2D eigenvalue weighted by Crippen LogP contribution is 2.06. The third-order valence-electron chi connectivity index (χ3n) is 1.34. The minimum atomic E-state index is 0.724. The molecule has 0 aromatic heterocycles. The third kappa shape index (κ3) is 7.89. The molecule has 0 radical (unpaired) electrons. The summed E-state index contributed by atoms with van der Waals surface area (Å²) in [6, 6.07) is 0. The molecule has 0 aliphatic rings. The van der Waals surface area contributed by atoms with Crippen LogP contribution in [0.1, 0.15) is 26.2 Å². The highest BCUT2D eigenvalue weighted by molar-refractivity contribution is 7.85. The number of hydrogen-bond acceptors (Lipinski definition) is 2. The lowest BCUT2D eigenvalue weighted by atomic mass is 10.2. The molecule has 0 aromatic rings. The largest absolute Gasteiger partial charge is 0.308 e. The smallest absolute Gasteiger partial charge is 0.0308 e. The Balaban J connectivity index is 3.45. The molecule has 0 rings (SSSR count). The number of thiol groups is 1. The molecule has 0 aliphatic carbocycles. The Morgan fingerprint density at radius 2 is 2.00 bits per heavy atom. The summed E-state index contributed by atoms with van der Waals surface area (Å²) < 4.78 is 0. The summed E-state index contributed by atoms with van der Waals surface area (Å²) >= 11 is 9.69. The number of hydrogen-bond donors (Lipinski definition) is 2. The molecule has 1 nitrogen and oxygen atoms in total. The van der Waals surface area contributed by atoms with Crippen LogP contribution in [0.2, 0.25) is 0 Å². The molecule has 0 unspecified atom stereocenters. The summed E-state index contributed by atoms with van der Waals surface area (Å²) in [4.78, 5) is 0.724. The summed E-state index contributed by atoms with van der Waals surface area (Å²) in [5.74, 6) is 0. The van der Waals surface area contributed by atoms with Crippen LogP contribution in [0.25, 0.3) is 0 Å². The van der Waals surface area contributed by atoms with Gasteiger partial charge in [0.25, 0.3) is 0 Å². The van der Waals surface area contributed by atoms with E-state index < -0.39 is 0 Å². The first-order valence-electron chi connectivity index (χ1n) is 3.88. The highest BCUT2D eigenvalue weighted by Gasteiger charge is 1.85. The summed E-state index contributed by atoms with van der Waals surface area (Å²) in [6.07, 6.45) is 8.18. The van der Waals surface area contributed by atoms with Gasteiger partial charge < -0.3 is 5.41 Å². The van der Waals surface area contributed by atoms with Gasteiger partial charge in [-0.25, -0.2) is 0 Å². The zero-order chi connectivity index (χ0) is 9.40. The molecule has 0 amide bonds. The molecule has 0 saturated heterocycles. The lowest BCUT2D eigenvalue weighted by molar-refractivity contribution is 0.866. The van der Waals surface area contributed by atoms with E-state index in [9.17, 15) is 0 Å². The number of unbranched alkanes of at least 4 members (excludes halogenated alkanes) is 2. The Labute approximate surface area is 84.4 Å². The number of allylic oxidation sites excluding steroid dienone is 4. The number of halogens is 1. The summed E-state index contributed by atoms with van der Waals surface area (Å²) in [5.41, 5.74) is 0. The maximum absolute atomic E-state index is 6.85. The first-order chi connectivity index (χ1) is 5.66. The second kappa shape index (κ2) is 7.44. The minimum Gasteiger partial charge on any atom is -0.308 e. The second-order valence-corrected chi connectivity index (χ2v) is 3.61. The summed E-state index contributed by atoms with van der Waals surface area (Å²) in [7, 11) is 0. The highest BCUT2D eigenvalue weighted by atomic mass is 35.5. The van der Waals surface area contributed by atoms with E-state index in [2.05, 4.69) is 12.6 Å². The van der Waals surface area contributed by atoms with Crippen LogP contribution >= 0.6 is 24.2 Å². The van der Waals surface area contributed by atoms with Gasteiger partial charge in [0, 0.05) is 16.2 Å². The van der Waals surface area contributed by atoms with Crippen molar-refractivity contribution >= 4 is 30.4 Å². The average molecular weight is 204 g/mol. The van der Waals surface area contributed by atoms with E-state index in [0.717, 1.165) is 29.2 Å². The van der Waals surface area contributed by atoms with Gasteiger partial charge in [-0.2, -0.15) is 0 Å². The van der Waals surface area contributed by atoms with Crippen molar-refractivity contribution in [2.45, 2.75) is 26.2 Å². The Hall–Kier alpha value is -0.210. The fourth-order valence-corrected chi connectivity index (χ4v) is 0.966. The molecule has 1 N–H and O–H groups in total. The van der Waals surface area contributed by atoms with Gasteiger partial charge in [-0.1, -0.05) is 23.8 Å². The predicted octanol–water partition coefficient (Wildman–Crippen LogP) is 3.76. The van der Waals surface area contributed by atoms with Gasteiger partial charge in [-0.15, -0.1) is 12.6 Å². The molecule has 0 saturated carbocycles. The van der Waals surface area contributed by atoms with E-state index in [-0.39, 0.29) is 0 Å². The second-order valence-electron chi connectivity index (χ2n) is 2.50. The zero-order valence-corrected chi connectivity index (χ0v) is 8.83. The van der Waals surface area contributed by atoms with Crippen molar-refractivity contribution in [2.75, 3.05) is 0 Å². The summed E-state index contributed by atoms with van der Waals surface area (Å²) in [5, 5.41) is 7.70. The lowest BCUT2D eigenvalue weighted by Crippen LogP contribution is -1.74. The van der Waals surface area contributed by atoms with Crippen molar-refractivity contribution in [1.82, 2.24) is 0 Å². The maximum atomic E-state index is 6.85. The third-order valence-corrected chi connectivity index (χ3v) is 1.80. The molecule has 12 heavy (non-hydrogen) atoms. The molecule has 0 bridgehead atoms. The van der Waals surface area contributed by atoms with E-state index >= 15 is 0 Å². The zero-order valence-electron chi connectivity index (χ0n) is 7.18. The molecule has 0 spiro atoms. The lowest BCUT2D eigenvalue weighted by Gasteiger charge is -1.92. The van der Waals surface area contributed by atoms with E-state index in [1.165, 1.54) is 6.21 Å². The van der Waals surface area contributed by atoms with Crippen molar-refractivity contribution in [3.8, 4) is 0 Å². The van der Waals surface area contributed by atoms with Gasteiger partial charge in [-0.05, 0) is 26.2 Å². The van der Waals surface area contributed by atoms with E-state index in [1.54, 1.807) is 0 Å². The van der Waals surface area contributed by atoms with Crippen LogP contribution in [0, 0.1) is 5.41 Å². The van der Waals surface area contributed by atoms with E-state index in [1.807, 2.05) is 19.1 Å². The summed E-state index contributed by atoms with van der Waals surface area (Å²) in [6.45, 7) is 1.87. The SMILES string of the molecule is C/C(Cl)=C/CCC/C=C(/S)C=N. The Kier molecular flexibility index (Phi) is 7.31. The number of rotatable bonds is 5. The Bertz CT molecular complexity index is 193. The van der Waals surface area contributed by atoms with Crippen LogP contribution in [0.15, 0.2) is 22.1 Å². The average Bonchev–Trinajstić information content (AvgIpc) is 2.03. The topological polar surface area (TPSA) is 23.9 Å². The number of nitrogens with one attached hydrogen (secondary N) is 1. The van der Waals surface area contributed by atoms with Crippen molar-refractivity contribution in [2.24, 2.45) is 0 Å². The van der Waals surface area contributed by atoms with Crippen LogP contribution in [-0.4, -0.2) is 6.21 Å². The van der Waals surface area contributed by atoms with Gasteiger partial charge >= 0.3 is 0 Å². The van der Waals surface area contributed by atoms with Crippen molar-refractivity contribution in [1.29, 1.82) is 5.41 Å². The first kappa shape index (κ1) is 11.8. The van der Waals surface area contributed by atoms with Gasteiger partial charge in [0.15, 0.2) is 0 Å².